The number of hydrogen-bond donors (Lipinski definition) is 0. The highest BCUT2D eigenvalue weighted by molar-refractivity contribution is 6.46. The van der Waals surface area contributed by atoms with Gasteiger partial charge in [0, 0.05) is 12.7 Å². The molecule has 0 saturated carbocycles. The highest BCUT2D eigenvalue weighted by Gasteiger charge is 2.43. The molecule has 0 bridgehead atoms. The Morgan fingerprint density at radius 1 is 0.806 bits per heavy atom. The number of rotatable bonds is 5. The fourth-order valence-corrected chi connectivity index (χ4v) is 3.80. The van der Waals surface area contributed by atoms with Gasteiger partial charge in [0.05, 0.1) is 18.4 Å². The van der Waals surface area contributed by atoms with Gasteiger partial charge < -0.3 is 9.64 Å². The molecule has 0 radical (unpaired) electrons. The Kier molecular flexibility index (Phi) is 5.34. The van der Waals surface area contributed by atoms with Crippen molar-refractivity contribution in [3.63, 3.8) is 0 Å². The van der Waals surface area contributed by atoms with Crippen LogP contribution in [-0.4, -0.2) is 26.0 Å². The minimum atomic E-state index is -0.380. The summed E-state index contributed by atoms with van der Waals surface area (Å²) in [4.78, 5) is 30.4. The van der Waals surface area contributed by atoms with Crippen LogP contribution in [0.1, 0.15) is 16.7 Å². The van der Waals surface area contributed by atoms with E-state index in [1.807, 2.05) is 75.5 Å². The van der Waals surface area contributed by atoms with Crippen LogP contribution >= 0.6 is 0 Å². The average Bonchev–Trinajstić information content (AvgIpc) is 3.05. The van der Waals surface area contributed by atoms with E-state index >= 15 is 0 Å². The monoisotopic (exact) mass is 412 g/mol. The van der Waals surface area contributed by atoms with Gasteiger partial charge in [0.2, 0.25) is 0 Å². The lowest BCUT2D eigenvalue weighted by atomic mass is 9.99. The van der Waals surface area contributed by atoms with E-state index in [0.29, 0.717) is 22.7 Å². The van der Waals surface area contributed by atoms with Crippen molar-refractivity contribution in [3.8, 4) is 5.75 Å². The summed E-state index contributed by atoms with van der Waals surface area (Å²) in [6.45, 7) is 4.02. The van der Waals surface area contributed by atoms with Crippen molar-refractivity contribution in [2.45, 2.75) is 13.8 Å². The molecule has 0 unspecified atom stereocenters. The molecular weight excluding hydrogens is 388 g/mol. The van der Waals surface area contributed by atoms with Crippen LogP contribution in [0.15, 0.2) is 78.5 Å². The van der Waals surface area contributed by atoms with E-state index in [2.05, 4.69) is 0 Å². The molecular formula is C26H24N2O3. The summed E-state index contributed by atoms with van der Waals surface area (Å²) in [7, 11) is 3.33. The summed E-state index contributed by atoms with van der Waals surface area (Å²) in [6, 6.07) is 22.4. The number of para-hydroxylation sites is 3. The van der Waals surface area contributed by atoms with Crippen LogP contribution in [0.3, 0.4) is 0 Å². The van der Waals surface area contributed by atoms with Crippen molar-refractivity contribution in [2.75, 3.05) is 24.0 Å². The summed E-state index contributed by atoms with van der Waals surface area (Å²) < 4.78 is 5.43. The SMILES string of the molecule is COc1ccccc1N1C(=O)C(c2ccc(C)c(C)c2)=C(N(C)c2ccccc2)C1=O. The summed E-state index contributed by atoms with van der Waals surface area (Å²) in [5.74, 6) is -0.281. The van der Waals surface area contributed by atoms with Crippen molar-refractivity contribution in [1.29, 1.82) is 0 Å². The van der Waals surface area contributed by atoms with E-state index in [0.717, 1.165) is 22.4 Å². The number of methoxy groups -OCH3 is 1. The van der Waals surface area contributed by atoms with Gasteiger partial charge in [-0.25, -0.2) is 4.90 Å². The number of hydrogen-bond acceptors (Lipinski definition) is 4. The van der Waals surface area contributed by atoms with Crippen LogP contribution in [-0.2, 0) is 9.59 Å². The Morgan fingerprint density at radius 3 is 2.16 bits per heavy atom. The van der Waals surface area contributed by atoms with Crippen LogP contribution in [0.2, 0.25) is 0 Å². The Labute approximate surface area is 182 Å². The molecule has 1 aliphatic heterocycles. The van der Waals surface area contributed by atoms with Gasteiger partial charge in [-0.15, -0.1) is 0 Å². The van der Waals surface area contributed by atoms with E-state index in [-0.39, 0.29) is 11.8 Å². The molecule has 4 rings (SSSR count). The number of carbonyl (C=O) groups excluding carboxylic acids is 2. The summed E-state index contributed by atoms with van der Waals surface area (Å²) in [5, 5.41) is 0. The molecule has 3 aromatic rings. The molecule has 1 aliphatic rings. The van der Waals surface area contributed by atoms with Crippen molar-refractivity contribution < 1.29 is 14.3 Å². The van der Waals surface area contributed by atoms with Crippen LogP contribution < -0.4 is 14.5 Å². The van der Waals surface area contributed by atoms with Gasteiger partial charge in [-0.1, -0.05) is 48.5 Å². The second-order valence-corrected chi connectivity index (χ2v) is 7.53. The first-order chi connectivity index (χ1) is 14.9. The third kappa shape index (κ3) is 3.48. The topological polar surface area (TPSA) is 49.9 Å². The molecule has 0 fully saturated rings. The Hall–Kier alpha value is -3.86. The maximum Gasteiger partial charge on any atom is 0.282 e. The van der Waals surface area contributed by atoms with Gasteiger partial charge >= 0.3 is 0 Å². The quantitative estimate of drug-likeness (QED) is 0.569. The standard InChI is InChI=1S/C26H24N2O3/c1-17-14-15-19(16-18(17)2)23-24(27(3)20-10-6-5-7-11-20)26(30)28(25(23)29)21-12-8-9-13-22(21)31-4/h5-16H,1-4H3. The second kappa shape index (κ2) is 8.11. The molecule has 0 aliphatic carbocycles. The maximum absolute atomic E-state index is 13.7. The zero-order valence-corrected chi connectivity index (χ0v) is 18.0. The molecule has 3 aromatic carbocycles. The maximum atomic E-state index is 13.7. The number of anilines is 2. The zero-order chi connectivity index (χ0) is 22.1. The smallest absolute Gasteiger partial charge is 0.282 e. The third-order valence-corrected chi connectivity index (χ3v) is 5.66. The Bertz CT molecular complexity index is 1200. The lowest BCUT2D eigenvalue weighted by Crippen LogP contribution is -2.34. The van der Waals surface area contributed by atoms with Gasteiger partial charge in [-0.3, -0.25) is 9.59 Å². The minimum Gasteiger partial charge on any atom is -0.495 e. The zero-order valence-electron chi connectivity index (χ0n) is 18.0. The predicted octanol–water partition coefficient (Wildman–Crippen LogP) is 4.73. The fraction of sp³-hybridized carbons (Fsp3) is 0.154. The summed E-state index contributed by atoms with van der Waals surface area (Å²) in [5.41, 5.74) is 4.87. The predicted molar refractivity (Wildman–Crippen MR) is 123 cm³/mol. The fourth-order valence-electron chi connectivity index (χ4n) is 3.80. The van der Waals surface area contributed by atoms with E-state index in [4.69, 9.17) is 4.74 Å². The first-order valence-electron chi connectivity index (χ1n) is 10.1. The van der Waals surface area contributed by atoms with Gasteiger partial charge in [0.15, 0.2) is 0 Å². The van der Waals surface area contributed by atoms with E-state index < -0.39 is 0 Å². The Morgan fingerprint density at radius 2 is 1.48 bits per heavy atom. The highest BCUT2D eigenvalue weighted by atomic mass is 16.5. The highest BCUT2D eigenvalue weighted by Crippen LogP contribution is 2.39. The van der Waals surface area contributed by atoms with Crippen molar-refractivity contribution in [2.24, 2.45) is 0 Å². The molecule has 0 saturated heterocycles. The molecule has 0 aromatic heterocycles. The van der Waals surface area contributed by atoms with Gasteiger partial charge in [-0.2, -0.15) is 0 Å². The van der Waals surface area contributed by atoms with E-state index in [9.17, 15) is 9.59 Å². The molecule has 0 spiro atoms. The van der Waals surface area contributed by atoms with Crippen LogP contribution in [0, 0.1) is 13.8 Å². The van der Waals surface area contributed by atoms with E-state index in [1.165, 1.54) is 12.0 Å². The molecule has 5 nitrogen and oxygen atoms in total. The first kappa shape index (κ1) is 20.4. The largest absolute Gasteiger partial charge is 0.495 e. The number of imide groups is 1. The van der Waals surface area contributed by atoms with Gasteiger partial charge in [-0.05, 0) is 54.8 Å². The first-order valence-corrected chi connectivity index (χ1v) is 10.1. The number of ether oxygens (including phenoxy) is 1. The molecule has 1 heterocycles. The van der Waals surface area contributed by atoms with Gasteiger partial charge in [0.25, 0.3) is 11.8 Å². The summed E-state index contributed by atoms with van der Waals surface area (Å²) >= 11 is 0. The lowest BCUT2D eigenvalue weighted by molar-refractivity contribution is -0.120. The molecule has 2 amide bonds. The second-order valence-electron chi connectivity index (χ2n) is 7.53. The minimum absolute atomic E-state index is 0.338. The summed E-state index contributed by atoms with van der Waals surface area (Å²) in [6.07, 6.45) is 0. The number of benzene rings is 3. The lowest BCUT2D eigenvalue weighted by Gasteiger charge is -2.22. The number of nitrogens with zero attached hydrogens (tertiary/aromatic N) is 2. The van der Waals surface area contributed by atoms with Crippen LogP contribution in [0.4, 0.5) is 11.4 Å². The number of likely N-dealkylation sites (N-methyl/N-ethyl adjacent to an activating group) is 1. The third-order valence-electron chi connectivity index (χ3n) is 5.66. The van der Waals surface area contributed by atoms with Crippen molar-refractivity contribution in [3.05, 3.63) is 95.2 Å². The van der Waals surface area contributed by atoms with Gasteiger partial charge in [0.1, 0.15) is 11.4 Å². The average molecular weight is 412 g/mol. The Balaban J connectivity index is 1.92. The number of aryl methyl sites for hydroxylation is 2. The van der Waals surface area contributed by atoms with E-state index in [1.54, 1.807) is 23.1 Å². The molecule has 0 N–H and O–H groups in total. The molecule has 5 heteroatoms. The number of amides is 2. The van der Waals surface area contributed by atoms with Crippen LogP contribution in [0.25, 0.3) is 5.57 Å². The molecule has 31 heavy (non-hydrogen) atoms. The number of carbonyl (C=O) groups is 2. The van der Waals surface area contributed by atoms with Crippen molar-refractivity contribution in [1.82, 2.24) is 0 Å². The molecule has 0 atom stereocenters. The normalized spacial score (nSPS) is 13.7. The van der Waals surface area contributed by atoms with Crippen LogP contribution in [0.5, 0.6) is 5.75 Å². The van der Waals surface area contributed by atoms with Crippen molar-refractivity contribution >= 4 is 28.8 Å². The molecule has 156 valence electrons.